The Kier molecular flexibility index (Phi) is 4.64. The highest BCUT2D eigenvalue weighted by Crippen LogP contribution is 2.25. The van der Waals surface area contributed by atoms with Gasteiger partial charge in [-0.3, -0.25) is 10.0 Å². The van der Waals surface area contributed by atoms with Crippen molar-refractivity contribution in [2.75, 3.05) is 10.7 Å². The molecule has 0 aliphatic carbocycles. The van der Waals surface area contributed by atoms with Gasteiger partial charge in [0.05, 0.1) is 17.9 Å². The Hall–Kier alpha value is -2.28. The average molecular weight is 307 g/mol. The Bertz CT molecular complexity index is 646. The van der Waals surface area contributed by atoms with E-state index in [9.17, 15) is 4.79 Å². The summed E-state index contributed by atoms with van der Waals surface area (Å²) >= 11 is 5.85. The molecule has 21 heavy (non-hydrogen) atoms. The van der Waals surface area contributed by atoms with Gasteiger partial charge in [-0.25, -0.2) is 11.3 Å². The van der Waals surface area contributed by atoms with E-state index in [1.165, 1.54) is 5.01 Å². The van der Waals surface area contributed by atoms with Gasteiger partial charge in [0.15, 0.2) is 0 Å². The van der Waals surface area contributed by atoms with Crippen LogP contribution >= 0.6 is 11.6 Å². The Morgan fingerprint density at radius 3 is 2.48 bits per heavy atom. The summed E-state index contributed by atoms with van der Waals surface area (Å²) < 4.78 is 0. The number of hydroxylamine groups is 1. The minimum absolute atomic E-state index is 0.357. The molecule has 0 spiro atoms. The highest BCUT2D eigenvalue weighted by Gasteiger charge is 2.08. The van der Waals surface area contributed by atoms with Gasteiger partial charge in [0, 0.05) is 10.6 Å². The van der Waals surface area contributed by atoms with E-state index < -0.39 is 5.91 Å². The molecule has 0 fully saturated rings. The number of benzene rings is 2. The number of rotatable bonds is 4. The standard InChI is InChI=1S/C14H15ClN4O2/c15-11-5-6-13(12(16)7-11)19(17)8-9-1-3-10(4-2-9)14(20)18-21/h1-7,21H,8,16-17H2,(H,18,20). The van der Waals surface area contributed by atoms with Gasteiger partial charge in [0.25, 0.3) is 5.91 Å². The van der Waals surface area contributed by atoms with Gasteiger partial charge in [-0.15, -0.1) is 0 Å². The SMILES string of the molecule is Nc1cc(Cl)ccc1N(N)Cc1ccc(C(=O)NO)cc1. The quantitative estimate of drug-likeness (QED) is 0.299. The van der Waals surface area contributed by atoms with E-state index in [-0.39, 0.29) is 0 Å². The summed E-state index contributed by atoms with van der Waals surface area (Å²) in [6.07, 6.45) is 0. The third-order valence-corrected chi connectivity index (χ3v) is 3.20. The number of hydrogen-bond donors (Lipinski definition) is 4. The van der Waals surface area contributed by atoms with E-state index >= 15 is 0 Å². The number of nitrogens with zero attached hydrogens (tertiary/aromatic N) is 1. The van der Waals surface area contributed by atoms with Gasteiger partial charge in [0.1, 0.15) is 0 Å². The first-order valence-electron chi connectivity index (χ1n) is 6.12. The van der Waals surface area contributed by atoms with Crippen LogP contribution in [0, 0.1) is 0 Å². The molecular formula is C14H15ClN4O2. The van der Waals surface area contributed by atoms with Crippen LogP contribution in [-0.4, -0.2) is 11.1 Å². The highest BCUT2D eigenvalue weighted by atomic mass is 35.5. The fraction of sp³-hybridized carbons (Fsp3) is 0.0714. The van der Waals surface area contributed by atoms with Gasteiger partial charge in [-0.2, -0.15) is 0 Å². The van der Waals surface area contributed by atoms with Crippen molar-refractivity contribution in [2.24, 2.45) is 5.84 Å². The van der Waals surface area contributed by atoms with Crippen molar-refractivity contribution in [1.82, 2.24) is 5.48 Å². The molecule has 0 aliphatic rings. The Morgan fingerprint density at radius 1 is 1.24 bits per heavy atom. The lowest BCUT2D eigenvalue weighted by atomic mass is 10.1. The second-order valence-electron chi connectivity index (χ2n) is 4.47. The number of hydrogen-bond acceptors (Lipinski definition) is 5. The first kappa shape index (κ1) is 15.1. The van der Waals surface area contributed by atoms with Crippen LogP contribution in [0.3, 0.4) is 0 Å². The van der Waals surface area contributed by atoms with Gasteiger partial charge in [0.2, 0.25) is 0 Å². The largest absolute Gasteiger partial charge is 0.397 e. The minimum Gasteiger partial charge on any atom is -0.397 e. The molecule has 2 aromatic carbocycles. The fourth-order valence-corrected chi connectivity index (χ4v) is 2.08. The van der Waals surface area contributed by atoms with Gasteiger partial charge in [-0.1, -0.05) is 23.7 Å². The molecule has 0 aliphatic heterocycles. The highest BCUT2D eigenvalue weighted by molar-refractivity contribution is 6.31. The zero-order chi connectivity index (χ0) is 15.4. The van der Waals surface area contributed by atoms with Crippen LogP contribution in [0.15, 0.2) is 42.5 Å². The molecular weight excluding hydrogens is 292 g/mol. The fourth-order valence-electron chi connectivity index (χ4n) is 1.89. The maximum Gasteiger partial charge on any atom is 0.274 e. The van der Waals surface area contributed by atoms with Crippen molar-refractivity contribution >= 4 is 28.9 Å². The second kappa shape index (κ2) is 6.45. The summed E-state index contributed by atoms with van der Waals surface area (Å²) in [5.41, 5.74) is 9.85. The molecule has 2 rings (SSSR count). The number of nitrogen functional groups attached to an aromatic ring is 1. The summed E-state index contributed by atoms with van der Waals surface area (Å²) in [6.45, 7) is 0.410. The van der Waals surface area contributed by atoms with E-state index in [2.05, 4.69) is 0 Å². The van der Waals surface area contributed by atoms with Crippen LogP contribution in [0.25, 0.3) is 0 Å². The zero-order valence-corrected chi connectivity index (χ0v) is 11.8. The predicted octanol–water partition coefficient (Wildman–Crippen LogP) is 1.92. The van der Waals surface area contributed by atoms with Crippen molar-refractivity contribution in [3.8, 4) is 0 Å². The van der Waals surface area contributed by atoms with Crippen LogP contribution in [0.5, 0.6) is 0 Å². The number of carbonyl (C=O) groups is 1. The summed E-state index contributed by atoms with van der Waals surface area (Å²) in [6, 6.07) is 11.8. The third kappa shape index (κ3) is 3.63. The Morgan fingerprint density at radius 2 is 1.90 bits per heavy atom. The summed E-state index contributed by atoms with van der Waals surface area (Å²) in [7, 11) is 0. The lowest BCUT2D eigenvalue weighted by Gasteiger charge is -2.20. The van der Waals surface area contributed by atoms with Crippen molar-refractivity contribution < 1.29 is 10.0 Å². The van der Waals surface area contributed by atoms with Crippen molar-refractivity contribution in [3.05, 3.63) is 58.6 Å². The molecule has 6 nitrogen and oxygen atoms in total. The summed E-state index contributed by atoms with van der Waals surface area (Å²) in [5, 5.41) is 10.6. The van der Waals surface area contributed by atoms with Gasteiger partial charge < -0.3 is 10.7 Å². The molecule has 2 aromatic rings. The molecule has 0 saturated heterocycles. The molecule has 7 heteroatoms. The number of carbonyl (C=O) groups excluding carboxylic acids is 1. The summed E-state index contributed by atoms with van der Waals surface area (Å²) in [5.74, 6) is 5.43. The van der Waals surface area contributed by atoms with E-state index in [4.69, 9.17) is 28.4 Å². The first-order chi connectivity index (χ1) is 10.0. The maximum absolute atomic E-state index is 11.2. The molecule has 0 bridgehead atoms. The molecule has 6 N–H and O–H groups in total. The van der Waals surface area contributed by atoms with Crippen LogP contribution in [0.4, 0.5) is 11.4 Å². The number of nitrogens with one attached hydrogen (secondary N) is 1. The van der Waals surface area contributed by atoms with Crippen molar-refractivity contribution in [2.45, 2.75) is 6.54 Å². The molecule has 0 unspecified atom stereocenters. The van der Waals surface area contributed by atoms with Crippen LogP contribution in [0.1, 0.15) is 15.9 Å². The monoisotopic (exact) mass is 306 g/mol. The van der Waals surface area contributed by atoms with Crippen molar-refractivity contribution in [1.29, 1.82) is 0 Å². The van der Waals surface area contributed by atoms with Crippen LogP contribution < -0.4 is 22.1 Å². The number of halogens is 1. The lowest BCUT2D eigenvalue weighted by molar-refractivity contribution is 0.0706. The normalized spacial score (nSPS) is 10.2. The van der Waals surface area contributed by atoms with E-state index in [1.54, 1.807) is 47.9 Å². The molecule has 0 atom stereocenters. The van der Waals surface area contributed by atoms with Gasteiger partial charge in [-0.05, 0) is 35.9 Å². The molecule has 110 valence electrons. The smallest absolute Gasteiger partial charge is 0.274 e. The molecule has 0 saturated carbocycles. The second-order valence-corrected chi connectivity index (χ2v) is 4.91. The number of anilines is 2. The minimum atomic E-state index is -0.562. The topological polar surface area (TPSA) is 105 Å². The molecule has 0 aromatic heterocycles. The van der Waals surface area contributed by atoms with E-state index in [0.717, 1.165) is 5.56 Å². The number of nitrogens with two attached hydrogens (primary N) is 2. The average Bonchev–Trinajstić information content (AvgIpc) is 2.47. The Labute approximate surface area is 126 Å². The maximum atomic E-state index is 11.2. The zero-order valence-electron chi connectivity index (χ0n) is 11.1. The molecule has 1 amide bonds. The van der Waals surface area contributed by atoms with Crippen LogP contribution in [0.2, 0.25) is 5.02 Å². The molecule has 0 radical (unpaired) electrons. The lowest BCUT2D eigenvalue weighted by Crippen LogP contribution is -2.30. The number of hydrazine groups is 1. The summed E-state index contributed by atoms with van der Waals surface area (Å²) in [4.78, 5) is 11.2. The van der Waals surface area contributed by atoms with Crippen LogP contribution in [-0.2, 0) is 6.54 Å². The predicted molar refractivity (Wildman–Crippen MR) is 81.9 cm³/mol. The number of amides is 1. The molecule has 0 heterocycles. The van der Waals surface area contributed by atoms with E-state index in [0.29, 0.717) is 28.5 Å². The van der Waals surface area contributed by atoms with Crippen molar-refractivity contribution in [3.63, 3.8) is 0 Å². The van der Waals surface area contributed by atoms with E-state index in [1.807, 2.05) is 0 Å². The first-order valence-corrected chi connectivity index (χ1v) is 6.49. The Balaban J connectivity index is 2.12. The third-order valence-electron chi connectivity index (χ3n) is 2.97. The van der Waals surface area contributed by atoms with Gasteiger partial charge >= 0.3 is 0 Å².